The summed E-state index contributed by atoms with van der Waals surface area (Å²) in [6.45, 7) is 5.50. The largest absolute Gasteiger partial charge is 2.00 e. The Morgan fingerprint density at radius 1 is 0.462 bits per heavy atom. The van der Waals surface area contributed by atoms with Crippen molar-refractivity contribution in [1.29, 1.82) is 0 Å². The van der Waals surface area contributed by atoms with Crippen molar-refractivity contribution in [3.05, 3.63) is 0 Å². The Hall–Kier alpha value is 0.439. The first-order valence-corrected chi connectivity index (χ1v) is 5.63. The summed E-state index contributed by atoms with van der Waals surface area (Å²) in [6.07, 6.45) is 8.72. The number of hydrogen-bond donors (Lipinski definition) is 2. The van der Waals surface area contributed by atoms with Crippen molar-refractivity contribution in [3.63, 3.8) is 0 Å². The maximum Gasteiger partial charge on any atom is 2.00 e. The predicted octanol–water partition coefficient (Wildman–Crippen LogP) is -0.535. The Bertz CT molecular complexity index is 55.9. The Kier molecular flexibility index (Phi) is 10.9. The van der Waals surface area contributed by atoms with Crippen molar-refractivity contribution in [2.75, 3.05) is 26.2 Å². The fraction of sp³-hybridized carbons (Fsp3) is 1.00. The van der Waals surface area contributed by atoms with Crippen LogP contribution in [-0.2, 0) is 17.1 Å². The van der Waals surface area contributed by atoms with Crippen LogP contribution in [0.25, 0.3) is 0 Å². The zero-order chi connectivity index (χ0) is 8.49. The van der Waals surface area contributed by atoms with E-state index < -0.39 is 0 Å². The van der Waals surface area contributed by atoms with Gasteiger partial charge in [-0.3, -0.25) is 0 Å². The van der Waals surface area contributed by atoms with Crippen molar-refractivity contribution < 1.29 is 27.7 Å². The molecule has 2 fully saturated rings. The molecular weight excluding hydrogens is 203 g/mol. The second-order valence-corrected chi connectivity index (χ2v) is 3.85. The van der Waals surface area contributed by atoms with Gasteiger partial charge in [-0.1, -0.05) is 0 Å². The molecular formula is C10H24MnN2+4. The smallest absolute Gasteiger partial charge is 0.346 e. The quantitative estimate of drug-likeness (QED) is 0.521. The fourth-order valence-corrected chi connectivity index (χ4v) is 1.80. The molecule has 0 aliphatic carbocycles. The molecule has 0 aromatic heterocycles. The molecule has 0 atom stereocenters. The van der Waals surface area contributed by atoms with Gasteiger partial charge in [-0.25, -0.2) is 0 Å². The van der Waals surface area contributed by atoms with Crippen LogP contribution in [0.5, 0.6) is 0 Å². The van der Waals surface area contributed by atoms with Crippen molar-refractivity contribution in [1.82, 2.24) is 0 Å². The van der Waals surface area contributed by atoms with Crippen LogP contribution in [-0.4, -0.2) is 26.2 Å². The van der Waals surface area contributed by atoms with Gasteiger partial charge in [0, 0.05) is 0 Å². The van der Waals surface area contributed by atoms with Gasteiger partial charge in [-0.15, -0.1) is 0 Å². The van der Waals surface area contributed by atoms with Crippen molar-refractivity contribution in [2.24, 2.45) is 0 Å². The molecule has 3 heteroatoms. The van der Waals surface area contributed by atoms with Gasteiger partial charge in [0.25, 0.3) is 0 Å². The van der Waals surface area contributed by atoms with E-state index in [1.54, 1.807) is 0 Å². The fourth-order valence-electron chi connectivity index (χ4n) is 1.80. The summed E-state index contributed by atoms with van der Waals surface area (Å²) in [6, 6.07) is 0. The van der Waals surface area contributed by atoms with E-state index >= 15 is 0 Å². The van der Waals surface area contributed by atoms with E-state index in [0.29, 0.717) is 0 Å². The standard InChI is InChI=1S/2C5H11N.Mn/c2*1-2-4-6-5-3-1;/h2*6H,1-5H2;/q;;+2/p+2. The van der Waals surface area contributed by atoms with E-state index in [4.69, 9.17) is 0 Å². The van der Waals surface area contributed by atoms with E-state index in [1.165, 1.54) is 64.7 Å². The molecule has 0 aromatic carbocycles. The van der Waals surface area contributed by atoms with Crippen LogP contribution in [0, 0.1) is 0 Å². The molecule has 0 saturated carbocycles. The average Bonchev–Trinajstić information content (AvgIpc) is 2.24. The minimum absolute atomic E-state index is 0. The molecule has 2 rings (SSSR count). The molecule has 4 N–H and O–H groups in total. The van der Waals surface area contributed by atoms with E-state index in [0.717, 1.165) is 0 Å². The van der Waals surface area contributed by atoms with Crippen LogP contribution in [0.1, 0.15) is 38.5 Å². The van der Waals surface area contributed by atoms with Gasteiger partial charge in [0.15, 0.2) is 0 Å². The Balaban J connectivity index is 0.000000206. The first kappa shape index (κ1) is 13.4. The summed E-state index contributed by atoms with van der Waals surface area (Å²) in [5.74, 6) is 0. The third-order valence-corrected chi connectivity index (χ3v) is 2.63. The summed E-state index contributed by atoms with van der Waals surface area (Å²) in [4.78, 5) is 0. The second-order valence-electron chi connectivity index (χ2n) is 3.85. The normalized spacial score (nSPS) is 22.2. The first-order chi connectivity index (χ1) is 6.00. The summed E-state index contributed by atoms with van der Waals surface area (Å²) in [5, 5.41) is 4.78. The van der Waals surface area contributed by atoms with Gasteiger partial charge in [-0.05, 0) is 38.5 Å². The van der Waals surface area contributed by atoms with Gasteiger partial charge in [0.1, 0.15) is 0 Å². The number of nitrogens with two attached hydrogens (primary N) is 2. The molecule has 0 aromatic rings. The molecule has 2 nitrogen and oxygen atoms in total. The third-order valence-electron chi connectivity index (χ3n) is 2.63. The molecule has 2 saturated heterocycles. The van der Waals surface area contributed by atoms with Crippen LogP contribution in [0.2, 0.25) is 0 Å². The van der Waals surface area contributed by atoms with E-state index in [1.807, 2.05) is 0 Å². The minimum Gasteiger partial charge on any atom is -0.346 e. The Morgan fingerprint density at radius 3 is 0.846 bits per heavy atom. The molecule has 0 bridgehead atoms. The second kappa shape index (κ2) is 10.5. The summed E-state index contributed by atoms with van der Waals surface area (Å²) < 4.78 is 0. The topological polar surface area (TPSA) is 33.2 Å². The maximum atomic E-state index is 2.39. The van der Waals surface area contributed by atoms with Crippen molar-refractivity contribution in [2.45, 2.75) is 38.5 Å². The molecule has 0 amide bonds. The third kappa shape index (κ3) is 8.76. The van der Waals surface area contributed by atoms with Crippen LogP contribution in [0.15, 0.2) is 0 Å². The monoisotopic (exact) mass is 227 g/mol. The van der Waals surface area contributed by atoms with Gasteiger partial charge in [0.2, 0.25) is 0 Å². The molecule has 0 spiro atoms. The average molecular weight is 227 g/mol. The summed E-state index contributed by atoms with van der Waals surface area (Å²) in [7, 11) is 0. The number of hydrogen-bond acceptors (Lipinski definition) is 0. The van der Waals surface area contributed by atoms with Crippen LogP contribution in [0.4, 0.5) is 0 Å². The minimum atomic E-state index is 0. The molecule has 1 radical (unpaired) electrons. The predicted molar refractivity (Wildman–Crippen MR) is 51.0 cm³/mol. The van der Waals surface area contributed by atoms with Crippen LogP contribution in [0.3, 0.4) is 0 Å². The van der Waals surface area contributed by atoms with Crippen LogP contribution >= 0.6 is 0 Å². The van der Waals surface area contributed by atoms with Gasteiger partial charge < -0.3 is 10.6 Å². The van der Waals surface area contributed by atoms with Gasteiger partial charge in [0.05, 0.1) is 26.2 Å². The molecule has 2 aliphatic rings. The van der Waals surface area contributed by atoms with Crippen LogP contribution < -0.4 is 10.6 Å². The molecule has 0 unspecified atom stereocenters. The summed E-state index contributed by atoms with van der Waals surface area (Å²) >= 11 is 0. The van der Waals surface area contributed by atoms with Crippen molar-refractivity contribution >= 4 is 0 Å². The SMILES string of the molecule is C1CC[NH2+]CC1.C1CC[NH2+]CC1.[Mn+2]. The number of piperidine rings is 2. The van der Waals surface area contributed by atoms with E-state index in [-0.39, 0.29) is 17.1 Å². The van der Waals surface area contributed by atoms with Gasteiger partial charge >= 0.3 is 17.1 Å². The molecule has 13 heavy (non-hydrogen) atoms. The molecule has 77 valence electrons. The first-order valence-electron chi connectivity index (χ1n) is 5.63. The maximum absolute atomic E-state index is 2.39. The van der Waals surface area contributed by atoms with E-state index in [9.17, 15) is 0 Å². The molecule has 2 heterocycles. The zero-order valence-corrected chi connectivity index (χ0v) is 9.78. The zero-order valence-electron chi connectivity index (χ0n) is 8.60. The Morgan fingerprint density at radius 2 is 0.769 bits per heavy atom. The number of rotatable bonds is 0. The van der Waals surface area contributed by atoms with E-state index in [2.05, 4.69) is 10.6 Å². The number of quaternary nitrogens is 2. The molecule has 2 aliphatic heterocycles. The van der Waals surface area contributed by atoms with Crippen molar-refractivity contribution in [3.8, 4) is 0 Å². The summed E-state index contributed by atoms with van der Waals surface area (Å²) in [5.41, 5.74) is 0. The van der Waals surface area contributed by atoms with Gasteiger partial charge in [-0.2, -0.15) is 0 Å². The Labute approximate surface area is 92.7 Å².